The molecule has 0 fully saturated rings. The van der Waals surface area contributed by atoms with Gasteiger partial charge in [-0.1, -0.05) is 24.3 Å². The molecule has 0 aliphatic carbocycles. The molecule has 7 nitrogen and oxygen atoms in total. The highest BCUT2D eigenvalue weighted by Gasteiger charge is 2.21. The molecule has 0 aliphatic heterocycles. The van der Waals surface area contributed by atoms with E-state index in [1.807, 2.05) is 36.2 Å². The number of hydrogen-bond donors (Lipinski definition) is 1. The highest BCUT2D eigenvalue weighted by atomic mass is 16.6. The molecule has 0 saturated heterocycles. The zero-order chi connectivity index (χ0) is 18.4. The first-order chi connectivity index (χ1) is 11.9. The third kappa shape index (κ3) is 4.77. The van der Waals surface area contributed by atoms with Gasteiger partial charge < -0.3 is 10.1 Å². The predicted molar refractivity (Wildman–Crippen MR) is 95.6 cm³/mol. The van der Waals surface area contributed by atoms with Crippen LogP contribution in [0.5, 0.6) is 5.75 Å². The van der Waals surface area contributed by atoms with Gasteiger partial charge in [0.25, 0.3) is 5.69 Å². The van der Waals surface area contributed by atoms with Gasteiger partial charge in [-0.15, -0.1) is 0 Å². The minimum Gasteiger partial charge on any atom is -0.497 e. The van der Waals surface area contributed by atoms with Gasteiger partial charge in [0.15, 0.2) is 0 Å². The van der Waals surface area contributed by atoms with E-state index >= 15 is 0 Å². The molecule has 7 heteroatoms. The fourth-order valence-electron chi connectivity index (χ4n) is 2.37. The number of carbonyl (C=O) groups excluding carboxylic acids is 1. The van der Waals surface area contributed by atoms with Crippen molar-refractivity contribution in [1.29, 1.82) is 0 Å². The van der Waals surface area contributed by atoms with Crippen molar-refractivity contribution in [3.63, 3.8) is 0 Å². The summed E-state index contributed by atoms with van der Waals surface area (Å²) in [6.45, 7) is 2.30. The van der Waals surface area contributed by atoms with Gasteiger partial charge in [-0.2, -0.15) is 0 Å². The number of ether oxygens (including phenoxy) is 1. The largest absolute Gasteiger partial charge is 0.497 e. The van der Waals surface area contributed by atoms with Crippen molar-refractivity contribution in [1.82, 2.24) is 4.90 Å². The van der Waals surface area contributed by atoms with Gasteiger partial charge in [-0.05, 0) is 37.7 Å². The van der Waals surface area contributed by atoms with E-state index in [1.54, 1.807) is 26.2 Å². The van der Waals surface area contributed by atoms with Gasteiger partial charge in [0.1, 0.15) is 11.4 Å². The number of likely N-dealkylation sites (N-methyl/N-ethyl adjacent to an activating group) is 1. The first-order valence-corrected chi connectivity index (χ1v) is 7.80. The average Bonchev–Trinajstić information content (AvgIpc) is 2.61. The van der Waals surface area contributed by atoms with E-state index in [9.17, 15) is 14.9 Å². The molecular formula is C18H21N3O4. The Morgan fingerprint density at radius 3 is 2.68 bits per heavy atom. The maximum Gasteiger partial charge on any atom is 0.292 e. The Bertz CT molecular complexity index is 763. The SMILES string of the molecule is COc1cccc(CN(C)C(C)C(=O)Nc2ccccc2[N+](=O)[O-])c1. The number of methoxy groups -OCH3 is 1. The van der Waals surface area contributed by atoms with Crippen LogP contribution in [0.25, 0.3) is 0 Å². The van der Waals surface area contributed by atoms with Crippen LogP contribution in [0.3, 0.4) is 0 Å². The normalized spacial score (nSPS) is 11.8. The number of amides is 1. The van der Waals surface area contributed by atoms with E-state index < -0.39 is 11.0 Å². The number of para-hydroxylation sites is 2. The molecule has 132 valence electrons. The standard InChI is InChI=1S/C18H21N3O4/c1-13(20(2)12-14-7-6-8-15(11-14)25-3)18(22)19-16-9-4-5-10-17(16)21(23)24/h4-11,13H,12H2,1-3H3,(H,19,22). The van der Waals surface area contributed by atoms with Crippen LogP contribution in [0.2, 0.25) is 0 Å². The summed E-state index contributed by atoms with van der Waals surface area (Å²) in [6.07, 6.45) is 0. The third-order valence-electron chi connectivity index (χ3n) is 3.97. The second kappa shape index (κ2) is 8.25. The zero-order valence-corrected chi connectivity index (χ0v) is 14.4. The Labute approximate surface area is 146 Å². The molecule has 0 heterocycles. The molecule has 2 aromatic carbocycles. The number of nitro groups is 1. The van der Waals surface area contributed by atoms with Gasteiger partial charge in [-0.25, -0.2) is 0 Å². The Balaban J connectivity index is 2.05. The van der Waals surface area contributed by atoms with Crippen molar-refractivity contribution in [2.45, 2.75) is 19.5 Å². The van der Waals surface area contributed by atoms with Crippen LogP contribution in [0, 0.1) is 10.1 Å². The summed E-state index contributed by atoms with van der Waals surface area (Å²) >= 11 is 0. The Morgan fingerprint density at radius 2 is 2.00 bits per heavy atom. The van der Waals surface area contributed by atoms with Gasteiger partial charge >= 0.3 is 0 Å². The highest BCUT2D eigenvalue weighted by Crippen LogP contribution is 2.23. The van der Waals surface area contributed by atoms with Gasteiger partial charge in [0.05, 0.1) is 18.1 Å². The van der Waals surface area contributed by atoms with Crippen LogP contribution < -0.4 is 10.1 Å². The number of nitrogens with one attached hydrogen (secondary N) is 1. The lowest BCUT2D eigenvalue weighted by molar-refractivity contribution is -0.383. The molecule has 1 atom stereocenters. The zero-order valence-electron chi connectivity index (χ0n) is 14.4. The number of nitro benzene ring substituents is 1. The van der Waals surface area contributed by atoms with E-state index in [-0.39, 0.29) is 17.3 Å². The first-order valence-electron chi connectivity index (χ1n) is 7.80. The van der Waals surface area contributed by atoms with E-state index in [0.29, 0.717) is 6.54 Å². The lowest BCUT2D eigenvalue weighted by Gasteiger charge is -2.24. The van der Waals surface area contributed by atoms with Gasteiger partial charge in [0, 0.05) is 12.6 Å². The van der Waals surface area contributed by atoms with Crippen molar-refractivity contribution in [2.24, 2.45) is 0 Å². The molecule has 2 aromatic rings. The van der Waals surface area contributed by atoms with Crippen molar-refractivity contribution in [2.75, 3.05) is 19.5 Å². The molecule has 0 aliphatic rings. The van der Waals surface area contributed by atoms with Crippen molar-refractivity contribution in [3.8, 4) is 5.75 Å². The lowest BCUT2D eigenvalue weighted by atomic mass is 10.1. The number of carbonyl (C=O) groups is 1. The topological polar surface area (TPSA) is 84.7 Å². The van der Waals surface area contributed by atoms with Crippen molar-refractivity contribution >= 4 is 17.3 Å². The van der Waals surface area contributed by atoms with E-state index in [1.165, 1.54) is 12.1 Å². The summed E-state index contributed by atoms with van der Waals surface area (Å²) in [4.78, 5) is 24.8. The molecule has 0 radical (unpaired) electrons. The maximum absolute atomic E-state index is 12.4. The molecule has 0 bridgehead atoms. The number of benzene rings is 2. The number of nitrogens with zero attached hydrogens (tertiary/aromatic N) is 2. The van der Waals surface area contributed by atoms with Gasteiger partial charge in [-0.3, -0.25) is 19.8 Å². The number of rotatable bonds is 7. The van der Waals surface area contributed by atoms with Crippen LogP contribution in [0.4, 0.5) is 11.4 Å². The molecule has 0 spiro atoms. The van der Waals surface area contributed by atoms with Crippen molar-refractivity contribution < 1.29 is 14.5 Å². The summed E-state index contributed by atoms with van der Waals surface area (Å²) in [5, 5.41) is 13.7. The summed E-state index contributed by atoms with van der Waals surface area (Å²) < 4.78 is 5.20. The average molecular weight is 343 g/mol. The summed E-state index contributed by atoms with van der Waals surface area (Å²) in [5.74, 6) is 0.447. The van der Waals surface area contributed by atoms with E-state index in [2.05, 4.69) is 5.32 Å². The highest BCUT2D eigenvalue weighted by molar-refractivity contribution is 5.96. The molecule has 0 aromatic heterocycles. The molecule has 0 saturated carbocycles. The summed E-state index contributed by atoms with van der Waals surface area (Å²) in [7, 11) is 3.43. The van der Waals surface area contributed by atoms with E-state index in [4.69, 9.17) is 4.74 Å². The van der Waals surface area contributed by atoms with Gasteiger partial charge in [0.2, 0.25) is 5.91 Å². The number of hydrogen-bond acceptors (Lipinski definition) is 5. The van der Waals surface area contributed by atoms with Crippen LogP contribution in [-0.4, -0.2) is 35.9 Å². The van der Waals surface area contributed by atoms with E-state index in [0.717, 1.165) is 11.3 Å². The molecule has 1 unspecified atom stereocenters. The molecule has 2 rings (SSSR count). The Hall–Kier alpha value is -2.93. The van der Waals surface area contributed by atoms with Crippen molar-refractivity contribution in [3.05, 3.63) is 64.2 Å². The van der Waals surface area contributed by atoms with Crippen LogP contribution in [-0.2, 0) is 11.3 Å². The third-order valence-corrected chi connectivity index (χ3v) is 3.97. The van der Waals surface area contributed by atoms with Crippen LogP contribution in [0.1, 0.15) is 12.5 Å². The monoisotopic (exact) mass is 343 g/mol. The Morgan fingerprint density at radius 1 is 1.28 bits per heavy atom. The quantitative estimate of drug-likeness (QED) is 0.617. The fraction of sp³-hybridized carbons (Fsp3) is 0.278. The molecule has 25 heavy (non-hydrogen) atoms. The number of anilines is 1. The second-order valence-corrected chi connectivity index (χ2v) is 5.71. The molecule has 1 amide bonds. The second-order valence-electron chi connectivity index (χ2n) is 5.71. The van der Waals surface area contributed by atoms with Crippen LogP contribution >= 0.6 is 0 Å². The minimum atomic E-state index is -0.514. The first kappa shape index (κ1) is 18.4. The minimum absolute atomic E-state index is 0.126. The van der Waals surface area contributed by atoms with Crippen LogP contribution in [0.15, 0.2) is 48.5 Å². The smallest absolute Gasteiger partial charge is 0.292 e. The lowest BCUT2D eigenvalue weighted by Crippen LogP contribution is -2.39. The predicted octanol–water partition coefficient (Wildman–Crippen LogP) is 3.06. The molecular weight excluding hydrogens is 322 g/mol. The Kier molecular flexibility index (Phi) is 6.08. The summed E-state index contributed by atoms with van der Waals surface area (Å²) in [6, 6.07) is 13.2. The maximum atomic E-state index is 12.4. The molecule has 1 N–H and O–H groups in total. The summed E-state index contributed by atoms with van der Waals surface area (Å²) in [5.41, 5.74) is 1.07. The fourth-order valence-corrected chi connectivity index (χ4v) is 2.37.